The summed E-state index contributed by atoms with van der Waals surface area (Å²) in [6, 6.07) is 7.99. The molecule has 1 heterocycles. The Morgan fingerprint density at radius 3 is 2.74 bits per heavy atom. The van der Waals surface area contributed by atoms with Crippen LogP contribution in [0.15, 0.2) is 18.2 Å². The highest BCUT2D eigenvalue weighted by atomic mass is 16.5. The van der Waals surface area contributed by atoms with Gasteiger partial charge >= 0.3 is 0 Å². The van der Waals surface area contributed by atoms with Crippen LogP contribution >= 0.6 is 0 Å². The Morgan fingerprint density at radius 2 is 2.00 bits per heavy atom. The van der Waals surface area contributed by atoms with Crippen LogP contribution in [-0.4, -0.2) is 36.2 Å². The number of rotatable bonds is 4. The summed E-state index contributed by atoms with van der Waals surface area (Å²) in [4.78, 5) is 2.60. The van der Waals surface area contributed by atoms with E-state index in [4.69, 9.17) is 4.74 Å². The van der Waals surface area contributed by atoms with Crippen molar-refractivity contribution in [3.63, 3.8) is 0 Å². The van der Waals surface area contributed by atoms with E-state index in [2.05, 4.69) is 56.2 Å². The summed E-state index contributed by atoms with van der Waals surface area (Å²) in [5.74, 6) is 0.985. The highest BCUT2D eigenvalue weighted by Gasteiger charge is 2.27. The summed E-state index contributed by atoms with van der Waals surface area (Å²) in [6.07, 6.45) is 8.07. The van der Waals surface area contributed by atoms with Crippen LogP contribution < -0.4 is 10.1 Å². The minimum atomic E-state index is -0.122. The zero-order valence-corrected chi connectivity index (χ0v) is 15.2. The maximum atomic E-state index is 6.05. The molecule has 3 heteroatoms. The summed E-state index contributed by atoms with van der Waals surface area (Å²) in [7, 11) is 2.31. The van der Waals surface area contributed by atoms with Crippen LogP contribution in [0.4, 0.5) is 5.69 Å². The van der Waals surface area contributed by atoms with Crippen molar-refractivity contribution >= 4 is 5.69 Å². The standard InChI is InChI=1S/C20H32N2O/c1-15(22(4)17-8-6-5-7-9-17)12-16-10-11-19-18(13-16)21-14-20(2,3)23-19/h10-11,13,15,17,21H,5-9,12,14H2,1-4H3. The molecular weight excluding hydrogens is 284 g/mol. The monoisotopic (exact) mass is 316 g/mol. The van der Waals surface area contributed by atoms with Gasteiger partial charge in [-0.15, -0.1) is 0 Å². The second kappa shape index (κ2) is 6.72. The molecule has 0 radical (unpaired) electrons. The van der Waals surface area contributed by atoms with E-state index in [1.54, 1.807) is 0 Å². The first-order chi connectivity index (χ1) is 10.9. The molecule has 1 unspecified atom stereocenters. The molecule has 1 N–H and O–H groups in total. The normalized spacial score (nSPS) is 22.1. The second-order valence-corrected chi connectivity index (χ2v) is 8.06. The Morgan fingerprint density at radius 1 is 1.26 bits per heavy atom. The van der Waals surface area contributed by atoms with E-state index in [9.17, 15) is 0 Å². The topological polar surface area (TPSA) is 24.5 Å². The first-order valence-electron chi connectivity index (χ1n) is 9.22. The number of likely N-dealkylation sites (N-methyl/N-ethyl adjacent to an activating group) is 1. The quantitative estimate of drug-likeness (QED) is 0.887. The van der Waals surface area contributed by atoms with Crippen molar-refractivity contribution in [2.24, 2.45) is 0 Å². The van der Waals surface area contributed by atoms with E-state index in [-0.39, 0.29) is 5.60 Å². The van der Waals surface area contributed by atoms with Crippen LogP contribution in [0.2, 0.25) is 0 Å². The van der Waals surface area contributed by atoms with Gasteiger partial charge in [0.15, 0.2) is 0 Å². The molecule has 1 fully saturated rings. The van der Waals surface area contributed by atoms with Gasteiger partial charge in [0.05, 0.1) is 12.2 Å². The Kier molecular flexibility index (Phi) is 4.86. The first-order valence-corrected chi connectivity index (χ1v) is 9.22. The molecule has 2 aliphatic rings. The largest absolute Gasteiger partial charge is 0.484 e. The number of hydrogen-bond donors (Lipinski definition) is 1. The molecule has 23 heavy (non-hydrogen) atoms. The van der Waals surface area contributed by atoms with Crippen LogP contribution in [0.3, 0.4) is 0 Å². The van der Waals surface area contributed by atoms with Crippen molar-refractivity contribution in [1.29, 1.82) is 0 Å². The van der Waals surface area contributed by atoms with E-state index in [1.807, 2.05) is 0 Å². The summed E-state index contributed by atoms with van der Waals surface area (Å²) in [5, 5.41) is 3.52. The summed E-state index contributed by atoms with van der Waals surface area (Å²) in [6.45, 7) is 7.47. The van der Waals surface area contributed by atoms with Gasteiger partial charge < -0.3 is 15.0 Å². The molecule has 0 aromatic heterocycles. The zero-order chi connectivity index (χ0) is 16.4. The molecule has 1 aromatic carbocycles. The van der Waals surface area contributed by atoms with Gasteiger partial charge in [-0.3, -0.25) is 0 Å². The molecule has 0 saturated heterocycles. The molecular formula is C20H32N2O. The predicted octanol–water partition coefficient (Wildman–Crippen LogP) is 4.47. The number of nitrogens with one attached hydrogen (secondary N) is 1. The van der Waals surface area contributed by atoms with Gasteiger partial charge in [-0.2, -0.15) is 0 Å². The van der Waals surface area contributed by atoms with E-state index < -0.39 is 0 Å². The summed E-state index contributed by atoms with van der Waals surface area (Å²) < 4.78 is 6.05. The van der Waals surface area contributed by atoms with E-state index in [1.165, 1.54) is 37.7 Å². The van der Waals surface area contributed by atoms with Crippen LogP contribution in [0.1, 0.15) is 58.4 Å². The minimum absolute atomic E-state index is 0.122. The summed E-state index contributed by atoms with van der Waals surface area (Å²) >= 11 is 0. The Hall–Kier alpha value is -1.22. The maximum Gasteiger partial charge on any atom is 0.143 e. The molecule has 128 valence electrons. The fraction of sp³-hybridized carbons (Fsp3) is 0.700. The lowest BCUT2D eigenvalue weighted by molar-refractivity contribution is 0.116. The fourth-order valence-corrected chi connectivity index (χ4v) is 3.91. The average Bonchev–Trinajstić information content (AvgIpc) is 2.54. The molecule has 0 bridgehead atoms. The third-order valence-electron chi connectivity index (χ3n) is 5.51. The lowest BCUT2D eigenvalue weighted by atomic mass is 9.93. The van der Waals surface area contributed by atoms with Gasteiger partial charge in [0, 0.05) is 12.1 Å². The highest BCUT2D eigenvalue weighted by Crippen LogP contribution is 2.34. The third kappa shape index (κ3) is 4.00. The van der Waals surface area contributed by atoms with E-state index in [0.717, 1.165) is 30.4 Å². The molecule has 1 aromatic rings. The van der Waals surface area contributed by atoms with Crippen LogP contribution in [0, 0.1) is 0 Å². The SMILES string of the molecule is CC(Cc1ccc2c(c1)NCC(C)(C)O2)N(C)C1CCCCC1. The van der Waals surface area contributed by atoms with Gasteiger partial charge in [0.1, 0.15) is 11.4 Å². The third-order valence-corrected chi connectivity index (χ3v) is 5.51. The number of fused-ring (bicyclic) bond motifs is 1. The van der Waals surface area contributed by atoms with Crippen molar-refractivity contribution in [3.05, 3.63) is 23.8 Å². The first kappa shape index (κ1) is 16.6. The van der Waals surface area contributed by atoms with Gasteiger partial charge in [-0.05, 0) is 64.8 Å². The van der Waals surface area contributed by atoms with Crippen molar-refractivity contribution in [3.8, 4) is 5.75 Å². The molecule has 1 aliphatic carbocycles. The van der Waals surface area contributed by atoms with Gasteiger partial charge in [0.25, 0.3) is 0 Å². The molecule has 1 atom stereocenters. The van der Waals surface area contributed by atoms with Crippen LogP contribution in [0.5, 0.6) is 5.75 Å². The number of hydrogen-bond acceptors (Lipinski definition) is 3. The Labute approximate surface area is 141 Å². The molecule has 0 spiro atoms. The molecule has 3 nitrogen and oxygen atoms in total. The minimum Gasteiger partial charge on any atom is -0.484 e. The van der Waals surface area contributed by atoms with E-state index >= 15 is 0 Å². The lowest BCUT2D eigenvalue weighted by Gasteiger charge is -2.36. The van der Waals surface area contributed by atoms with Crippen LogP contribution in [-0.2, 0) is 6.42 Å². The molecule has 3 rings (SSSR count). The zero-order valence-electron chi connectivity index (χ0n) is 15.2. The van der Waals surface area contributed by atoms with Gasteiger partial charge in [-0.1, -0.05) is 25.3 Å². The molecule has 1 aliphatic heterocycles. The molecule has 0 amide bonds. The number of benzene rings is 1. The van der Waals surface area contributed by atoms with Crippen molar-refractivity contribution in [1.82, 2.24) is 4.90 Å². The lowest BCUT2D eigenvalue weighted by Crippen LogP contribution is -2.41. The predicted molar refractivity (Wildman–Crippen MR) is 97.4 cm³/mol. The maximum absolute atomic E-state index is 6.05. The highest BCUT2D eigenvalue weighted by molar-refractivity contribution is 5.60. The second-order valence-electron chi connectivity index (χ2n) is 8.06. The van der Waals surface area contributed by atoms with Crippen LogP contribution in [0.25, 0.3) is 0 Å². The Bertz CT molecular complexity index is 534. The Balaban J connectivity index is 1.63. The fourth-order valence-electron chi connectivity index (χ4n) is 3.91. The van der Waals surface area contributed by atoms with Gasteiger partial charge in [0.2, 0.25) is 0 Å². The van der Waals surface area contributed by atoms with Crippen molar-refractivity contribution in [2.75, 3.05) is 18.9 Å². The van der Waals surface area contributed by atoms with Crippen molar-refractivity contribution in [2.45, 2.75) is 77.0 Å². The molecule has 1 saturated carbocycles. The number of ether oxygens (including phenoxy) is 1. The number of nitrogens with zero attached hydrogens (tertiary/aromatic N) is 1. The van der Waals surface area contributed by atoms with Crippen molar-refractivity contribution < 1.29 is 4.74 Å². The summed E-state index contributed by atoms with van der Waals surface area (Å²) in [5.41, 5.74) is 2.42. The average molecular weight is 316 g/mol. The number of anilines is 1. The van der Waals surface area contributed by atoms with E-state index in [0.29, 0.717) is 6.04 Å². The smallest absolute Gasteiger partial charge is 0.143 e. The van der Waals surface area contributed by atoms with Gasteiger partial charge in [-0.25, -0.2) is 0 Å².